The number of benzene rings is 1. The lowest BCUT2D eigenvalue weighted by Gasteiger charge is -2.36. The Morgan fingerprint density at radius 2 is 2.30 bits per heavy atom. The summed E-state index contributed by atoms with van der Waals surface area (Å²) in [4.78, 5) is 20.4. The SMILES string of the molecule is CC(=O)N1CC(c2nc(Cc3c[nH]c4ccc(F)cc34)no2)C1. The summed E-state index contributed by atoms with van der Waals surface area (Å²) >= 11 is 0. The second-order valence-electron chi connectivity index (χ2n) is 5.85. The van der Waals surface area contributed by atoms with E-state index in [1.165, 1.54) is 12.1 Å². The van der Waals surface area contributed by atoms with Crippen LogP contribution in [0.1, 0.15) is 30.1 Å². The summed E-state index contributed by atoms with van der Waals surface area (Å²) in [5.74, 6) is 1.02. The molecule has 1 fully saturated rings. The zero-order chi connectivity index (χ0) is 16.0. The Bertz CT molecular complexity index is 879. The zero-order valence-corrected chi connectivity index (χ0v) is 12.5. The molecular formula is C16H15FN4O2. The van der Waals surface area contributed by atoms with Gasteiger partial charge in [-0.1, -0.05) is 5.16 Å². The third-order valence-corrected chi connectivity index (χ3v) is 4.24. The van der Waals surface area contributed by atoms with Crippen molar-refractivity contribution in [2.24, 2.45) is 0 Å². The molecule has 0 atom stereocenters. The molecule has 4 rings (SSSR count). The fourth-order valence-corrected chi connectivity index (χ4v) is 2.86. The summed E-state index contributed by atoms with van der Waals surface area (Å²) < 4.78 is 18.7. The fourth-order valence-electron chi connectivity index (χ4n) is 2.86. The molecule has 0 saturated carbocycles. The number of carbonyl (C=O) groups is 1. The van der Waals surface area contributed by atoms with Crippen LogP contribution in [0.15, 0.2) is 28.9 Å². The van der Waals surface area contributed by atoms with Gasteiger partial charge in [0.1, 0.15) is 5.82 Å². The van der Waals surface area contributed by atoms with Crippen molar-refractivity contribution in [3.05, 3.63) is 47.5 Å². The van der Waals surface area contributed by atoms with E-state index < -0.39 is 0 Å². The molecule has 0 aliphatic carbocycles. The molecule has 1 aliphatic rings. The highest BCUT2D eigenvalue weighted by Crippen LogP contribution is 2.26. The largest absolute Gasteiger partial charge is 0.361 e. The van der Waals surface area contributed by atoms with Crippen LogP contribution >= 0.6 is 0 Å². The van der Waals surface area contributed by atoms with E-state index in [1.807, 2.05) is 6.20 Å². The molecule has 23 heavy (non-hydrogen) atoms. The minimum Gasteiger partial charge on any atom is -0.361 e. The van der Waals surface area contributed by atoms with Gasteiger partial charge in [0.25, 0.3) is 0 Å². The standard InChI is InChI=1S/C16H15FN4O2/c1-9(22)21-7-11(8-21)16-19-15(20-23-16)4-10-6-18-14-3-2-12(17)5-13(10)14/h2-3,5-6,11,18H,4,7-8H2,1H3. The predicted octanol–water partition coefficient (Wildman–Crippen LogP) is 2.23. The van der Waals surface area contributed by atoms with Crippen molar-refractivity contribution in [1.82, 2.24) is 20.0 Å². The van der Waals surface area contributed by atoms with Crippen LogP contribution in [0.4, 0.5) is 4.39 Å². The maximum absolute atomic E-state index is 13.4. The Labute approximate surface area is 131 Å². The lowest BCUT2D eigenvalue weighted by Crippen LogP contribution is -2.47. The number of halogens is 1. The number of hydrogen-bond donors (Lipinski definition) is 1. The van der Waals surface area contributed by atoms with E-state index >= 15 is 0 Å². The number of carbonyl (C=O) groups excluding carboxylic acids is 1. The van der Waals surface area contributed by atoms with E-state index in [4.69, 9.17) is 4.52 Å². The summed E-state index contributed by atoms with van der Waals surface area (Å²) in [6.07, 6.45) is 2.30. The number of nitrogens with one attached hydrogen (secondary N) is 1. The molecule has 3 heterocycles. The van der Waals surface area contributed by atoms with Gasteiger partial charge < -0.3 is 14.4 Å². The highest BCUT2D eigenvalue weighted by Gasteiger charge is 2.34. The molecule has 6 nitrogen and oxygen atoms in total. The van der Waals surface area contributed by atoms with Gasteiger partial charge in [0.05, 0.1) is 5.92 Å². The van der Waals surface area contributed by atoms with E-state index in [9.17, 15) is 9.18 Å². The molecule has 0 spiro atoms. The molecule has 0 unspecified atom stereocenters. The summed E-state index contributed by atoms with van der Waals surface area (Å²) in [5, 5.41) is 4.82. The van der Waals surface area contributed by atoms with Gasteiger partial charge in [0.15, 0.2) is 5.82 Å². The van der Waals surface area contributed by atoms with Crippen molar-refractivity contribution in [1.29, 1.82) is 0 Å². The second kappa shape index (κ2) is 5.19. The summed E-state index contributed by atoms with van der Waals surface area (Å²) in [5.41, 5.74) is 1.80. The first-order chi connectivity index (χ1) is 11.1. The molecule has 3 aromatic rings. The van der Waals surface area contributed by atoms with E-state index in [2.05, 4.69) is 15.1 Å². The molecule has 1 aromatic carbocycles. The third-order valence-electron chi connectivity index (χ3n) is 4.24. The van der Waals surface area contributed by atoms with E-state index in [1.54, 1.807) is 17.9 Å². The Balaban J connectivity index is 1.51. The van der Waals surface area contributed by atoms with Crippen molar-refractivity contribution >= 4 is 16.8 Å². The van der Waals surface area contributed by atoms with Gasteiger partial charge >= 0.3 is 0 Å². The average molecular weight is 314 g/mol. The minimum atomic E-state index is -0.272. The fraction of sp³-hybridized carbons (Fsp3) is 0.312. The molecule has 1 saturated heterocycles. The minimum absolute atomic E-state index is 0.0572. The number of fused-ring (bicyclic) bond motifs is 1. The smallest absolute Gasteiger partial charge is 0.233 e. The van der Waals surface area contributed by atoms with Crippen LogP contribution in [-0.2, 0) is 11.2 Å². The highest BCUT2D eigenvalue weighted by atomic mass is 19.1. The Morgan fingerprint density at radius 3 is 3.09 bits per heavy atom. The monoisotopic (exact) mass is 314 g/mol. The number of aromatic amines is 1. The number of amides is 1. The number of aromatic nitrogens is 3. The van der Waals surface area contributed by atoms with E-state index in [0.29, 0.717) is 31.2 Å². The Morgan fingerprint density at radius 1 is 1.48 bits per heavy atom. The van der Waals surface area contributed by atoms with Crippen molar-refractivity contribution in [2.75, 3.05) is 13.1 Å². The molecule has 0 radical (unpaired) electrons. The number of H-pyrrole nitrogens is 1. The number of rotatable bonds is 3. The molecule has 1 amide bonds. The molecule has 0 bridgehead atoms. The van der Waals surface area contributed by atoms with Crippen LogP contribution in [-0.4, -0.2) is 39.0 Å². The molecule has 2 aromatic heterocycles. The van der Waals surface area contributed by atoms with Gasteiger partial charge in [0, 0.05) is 43.5 Å². The second-order valence-corrected chi connectivity index (χ2v) is 5.85. The lowest BCUT2D eigenvalue weighted by molar-refractivity contribution is -0.133. The van der Waals surface area contributed by atoms with Crippen LogP contribution in [0.2, 0.25) is 0 Å². The molecule has 118 valence electrons. The third kappa shape index (κ3) is 2.48. The van der Waals surface area contributed by atoms with Gasteiger partial charge in [-0.05, 0) is 23.8 Å². The molecular weight excluding hydrogens is 299 g/mol. The summed E-state index contributed by atoms with van der Waals surface area (Å²) in [6.45, 7) is 2.79. The Hall–Kier alpha value is -2.70. The molecule has 1 N–H and O–H groups in total. The highest BCUT2D eigenvalue weighted by molar-refractivity contribution is 5.83. The average Bonchev–Trinajstić information content (AvgIpc) is 3.05. The quantitative estimate of drug-likeness (QED) is 0.804. The Kier molecular flexibility index (Phi) is 3.14. The molecule has 7 heteroatoms. The van der Waals surface area contributed by atoms with Crippen molar-refractivity contribution in [3.63, 3.8) is 0 Å². The van der Waals surface area contributed by atoms with Crippen LogP contribution in [0.5, 0.6) is 0 Å². The van der Waals surface area contributed by atoms with Crippen LogP contribution in [0.3, 0.4) is 0 Å². The van der Waals surface area contributed by atoms with Crippen molar-refractivity contribution in [3.8, 4) is 0 Å². The maximum atomic E-state index is 13.4. The normalized spacial score (nSPS) is 15.1. The van der Waals surface area contributed by atoms with Crippen LogP contribution in [0.25, 0.3) is 10.9 Å². The topological polar surface area (TPSA) is 75.0 Å². The first-order valence-electron chi connectivity index (χ1n) is 7.43. The lowest BCUT2D eigenvalue weighted by atomic mass is 10.0. The number of nitrogens with zero attached hydrogens (tertiary/aromatic N) is 3. The van der Waals surface area contributed by atoms with Gasteiger partial charge in [-0.25, -0.2) is 4.39 Å². The summed E-state index contributed by atoms with van der Waals surface area (Å²) in [6, 6.07) is 4.63. The van der Waals surface area contributed by atoms with Crippen molar-refractivity contribution in [2.45, 2.75) is 19.3 Å². The first-order valence-corrected chi connectivity index (χ1v) is 7.43. The van der Waals surface area contributed by atoms with E-state index in [-0.39, 0.29) is 17.6 Å². The summed E-state index contributed by atoms with van der Waals surface area (Å²) in [7, 11) is 0. The predicted molar refractivity (Wildman–Crippen MR) is 80.4 cm³/mol. The van der Waals surface area contributed by atoms with Gasteiger partial charge in [-0.2, -0.15) is 4.98 Å². The zero-order valence-electron chi connectivity index (χ0n) is 12.5. The maximum Gasteiger partial charge on any atom is 0.233 e. The molecule has 1 aliphatic heterocycles. The van der Waals surface area contributed by atoms with E-state index in [0.717, 1.165) is 16.5 Å². The number of hydrogen-bond acceptors (Lipinski definition) is 4. The number of likely N-dealkylation sites (tertiary alicyclic amines) is 1. The first kappa shape index (κ1) is 13.9. The van der Waals surface area contributed by atoms with Crippen LogP contribution in [0, 0.1) is 5.82 Å². The van der Waals surface area contributed by atoms with Gasteiger partial charge in [-0.3, -0.25) is 4.79 Å². The van der Waals surface area contributed by atoms with Gasteiger partial charge in [-0.15, -0.1) is 0 Å². The van der Waals surface area contributed by atoms with Gasteiger partial charge in [0.2, 0.25) is 11.8 Å². The van der Waals surface area contributed by atoms with Crippen molar-refractivity contribution < 1.29 is 13.7 Å². The van der Waals surface area contributed by atoms with Crippen LogP contribution < -0.4 is 0 Å².